The van der Waals surface area contributed by atoms with Crippen LogP contribution in [0.4, 0.5) is 9.18 Å². The van der Waals surface area contributed by atoms with Gasteiger partial charge in [0.05, 0.1) is 12.6 Å². The predicted octanol–water partition coefficient (Wildman–Crippen LogP) is 2.64. The lowest BCUT2D eigenvalue weighted by Crippen LogP contribution is -2.43. The van der Waals surface area contributed by atoms with Gasteiger partial charge in [-0.05, 0) is 25.5 Å². The second-order valence-corrected chi connectivity index (χ2v) is 9.80. The highest BCUT2D eigenvalue weighted by Gasteiger charge is 2.34. The fourth-order valence-corrected chi connectivity index (χ4v) is 5.42. The van der Waals surface area contributed by atoms with Gasteiger partial charge in [-0.1, -0.05) is 17.7 Å². The number of hydrogen-bond donors (Lipinski definition) is 1. The van der Waals surface area contributed by atoms with E-state index in [1.54, 1.807) is 12.1 Å². The molecule has 164 valence electrons. The van der Waals surface area contributed by atoms with Crippen LogP contribution in [0.25, 0.3) is 4.96 Å². The Labute approximate surface area is 180 Å². The zero-order chi connectivity index (χ0) is 22.3. The van der Waals surface area contributed by atoms with Crippen molar-refractivity contribution in [3.05, 3.63) is 57.3 Å². The topological polar surface area (TPSA) is 118 Å². The minimum atomic E-state index is -4.18. The van der Waals surface area contributed by atoms with Gasteiger partial charge in [-0.3, -0.25) is 9.20 Å². The molecule has 1 fully saturated rings. The third-order valence-corrected chi connectivity index (χ3v) is 7.40. The number of thiazole rings is 1. The third kappa shape index (κ3) is 4.26. The molecule has 2 atom stereocenters. The summed E-state index contributed by atoms with van der Waals surface area (Å²) in [4.78, 5) is 29.2. The van der Waals surface area contributed by atoms with Gasteiger partial charge in [0.2, 0.25) is 5.88 Å². The SMILES string of the molecule is Cc1ccc(S(=O)(=O)Oc2cc(=O)n3cc([C@H]4CCN(C(=O)O)C[C@H]4F)sc3n2)cc1. The predicted molar refractivity (Wildman–Crippen MR) is 110 cm³/mol. The second kappa shape index (κ2) is 7.93. The van der Waals surface area contributed by atoms with Crippen LogP contribution in [-0.2, 0) is 10.1 Å². The van der Waals surface area contributed by atoms with Crippen LogP contribution in [0.5, 0.6) is 5.88 Å². The van der Waals surface area contributed by atoms with E-state index >= 15 is 0 Å². The van der Waals surface area contributed by atoms with E-state index in [0.717, 1.165) is 27.9 Å². The van der Waals surface area contributed by atoms with Gasteiger partial charge >= 0.3 is 16.2 Å². The Hall–Kier alpha value is -2.99. The molecule has 2 aromatic heterocycles. The van der Waals surface area contributed by atoms with E-state index in [1.165, 1.54) is 22.7 Å². The van der Waals surface area contributed by atoms with Crippen molar-refractivity contribution in [1.29, 1.82) is 0 Å². The fourth-order valence-electron chi connectivity index (χ4n) is 3.38. The van der Waals surface area contributed by atoms with Crippen molar-refractivity contribution in [2.75, 3.05) is 13.1 Å². The van der Waals surface area contributed by atoms with E-state index in [2.05, 4.69) is 4.98 Å². The number of carboxylic acid groups (broad SMARTS) is 1. The molecule has 1 saturated heterocycles. The monoisotopic (exact) mass is 467 g/mol. The number of nitrogens with zero attached hydrogens (tertiary/aromatic N) is 3. The molecule has 0 aliphatic carbocycles. The first kappa shape index (κ1) is 21.2. The average Bonchev–Trinajstić information content (AvgIpc) is 3.12. The maximum absolute atomic E-state index is 14.6. The number of aryl methyl sites for hydroxylation is 1. The van der Waals surface area contributed by atoms with Gasteiger partial charge in [0, 0.05) is 23.5 Å². The Morgan fingerprint density at radius 3 is 2.68 bits per heavy atom. The first-order valence-corrected chi connectivity index (χ1v) is 11.5. The Morgan fingerprint density at radius 2 is 2.03 bits per heavy atom. The molecule has 4 rings (SSSR count). The summed E-state index contributed by atoms with van der Waals surface area (Å²) in [5, 5.41) is 9.03. The molecule has 3 heterocycles. The molecule has 0 unspecified atom stereocenters. The highest BCUT2D eigenvalue weighted by molar-refractivity contribution is 7.87. The average molecular weight is 468 g/mol. The standard InChI is InChI=1S/C19H18FN3O6S2/c1-11-2-4-12(5-3-11)31(27,28)29-16-8-17(24)23-10-15(30-18(23)21-16)13-6-7-22(19(25)26)9-14(13)20/h2-5,8,10,13-14H,6-7,9H2,1H3,(H,25,26)/t13-,14+/m0/s1. The number of benzene rings is 1. The van der Waals surface area contributed by atoms with Crippen LogP contribution in [0.3, 0.4) is 0 Å². The number of likely N-dealkylation sites (tertiary alicyclic amines) is 1. The second-order valence-electron chi connectivity index (χ2n) is 7.21. The molecule has 1 N–H and O–H groups in total. The van der Waals surface area contributed by atoms with E-state index in [9.17, 15) is 22.4 Å². The molecule has 3 aromatic rings. The van der Waals surface area contributed by atoms with Crippen LogP contribution < -0.4 is 9.74 Å². The normalized spacial score (nSPS) is 19.5. The highest BCUT2D eigenvalue weighted by Crippen LogP contribution is 2.34. The maximum atomic E-state index is 14.6. The summed E-state index contributed by atoms with van der Waals surface area (Å²) in [5.41, 5.74) is 0.309. The maximum Gasteiger partial charge on any atom is 0.407 e. The van der Waals surface area contributed by atoms with Crippen molar-refractivity contribution in [2.45, 2.75) is 30.3 Å². The lowest BCUT2D eigenvalue weighted by Gasteiger charge is -2.32. The summed E-state index contributed by atoms with van der Waals surface area (Å²) < 4.78 is 45.8. The van der Waals surface area contributed by atoms with E-state index in [0.29, 0.717) is 4.88 Å². The lowest BCUT2D eigenvalue weighted by molar-refractivity contribution is 0.0969. The van der Waals surface area contributed by atoms with E-state index in [4.69, 9.17) is 9.29 Å². The summed E-state index contributed by atoms with van der Waals surface area (Å²) in [5.74, 6) is -0.959. The van der Waals surface area contributed by atoms with Crippen LogP contribution in [0.2, 0.25) is 0 Å². The smallest absolute Gasteiger partial charge is 0.407 e. The van der Waals surface area contributed by atoms with E-state index in [-0.39, 0.29) is 35.2 Å². The van der Waals surface area contributed by atoms with Crippen LogP contribution in [0, 0.1) is 6.92 Å². The Kier molecular flexibility index (Phi) is 5.43. The molecule has 0 radical (unpaired) electrons. The van der Waals surface area contributed by atoms with E-state index in [1.807, 2.05) is 6.92 Å². The largest absolute Gasteiger partial charge is 0.465 e. The molecule has 0 saturated carbocycles. The number of rotatable bonds is 4. The number of carbonyl (C=O) groups is 1. The number of piperidine rings is 1. The molecule has 9 nitrogen and oxygen atoms in total. The number of amides is 1. The van der Waals surface area contributed by atoms with Crippen molar-refractivity contribution in [3.63, 3.8) is 0 Å². The molecule has 1 aliphatic heterocycles. The quantitative estimate of drug-likeness (QED) is 0.586. The number of hydrogen-bond acceptors (Lipinski definition) is 7. The Balaban J connectivity index is 1.62. The fraction of sp³-hybridized carbons (Fsp3) is 0.316. The molecule has 31 heavy (non-hydrogen) atoms. The van der Waals surface area contributed by atoms with Crippen molar-refractivity contribution >= 4 is 32.5 Å². The van der Waals surface area contributed by atoms with Crippen molar-refractivity contribution < 1.29 is 26.9 Å². The van der Waals surface area contributed by atoms with Gasteiger partial charge in [0.15, 0.2) is 4.96 Å². The van der Waals surface area contributed by atoms with E-state index < -0.39 is 33.9 Å². The van der Waals surface area contributed by atoms with Crippen LogP contribution in [0.15, 0.2) is 46.2 Å². The summed E-state index contributed by atoms with van der Waals surface area (Å²) in [6, 6.07) is 6.98. The van der Waals surface area contributed by atoms with Gasteiger partial charge < -0.3 is 14.2 Å². The molecular formula is C19H18FN3O6S2. The van der Waals surface area contributed by atoms with Gasteiger partial charge in [0.25, 0.3) is 5.56 Å². The zero-order valence-corrected chi connectivity index (χ0v) is 17.9. The number of halogens is 1. The molecule has 12 heteroatoms. The molecule has 1 amide bonds. The number of aromatic nitrogens is 2. The first-order chi connectivity index (χ1) is 14.6. The summed E-state index contributed by atoms with van der Waals surface area (Å²) in [6.45, 7) is 1.75. The lowest BCUT2D eigenvalue weighted by atomic mass is 9.94. The van der Waals surface area contributed by atoms with Crippen LogP contribution in [-0.4, -0.2) is 53.2 Å². The summed E-state index contributed by atoms with van der Waals surface area (Å²) >= 11 is 1.04. The van der Waals surface area contributed by atoms with Gasteiger partial charge in [-0.2, -0.15) is 13.4 Å². The van der Waals surface area contributed by atoms with Gasteiger partial charge in [-0.15, -0.1) is 11.3 Å². The molecule has 0 spiro atoms. The van der Waals surface area contributed by atoms with Crippen molar-refractivity contribution in [2.24, 2.45) is 0 Å². The highest BCUT2D eigenvalue weighted by atomic mass is 32.2. The minimum absolute atomic E-state index is 0.0718. The Morgan fingerprint density at radius 1 is 1.32 bits per heavy atom. The third-order valence-electron chi connectivity index (χ3n) is 5.04. The minimum Gasteiger partial charge on any atom is -0.465 e. The van der Waals surface area contributed by atoms with Crippen LogP contribution >= 0.6 is 11.3 Å². The summed E-state index contributed by atoms with van der Waals surface area (Å²) in [7, 11) is -4.18. The summed E-state index contributed by atoms with van der Waals surface area (Å²) in [6.07, 6.45) is -0.875. The van der Waals surface area contributed by atoms with Crippen LogP contribution in [0.1, 0.15) is 22.8 Å². The Bertz CT molecular complexity index is 1300. The van der Waals surface area contributed by atoms with Crippen molar-refractivity contribution in [3.8, 4) is 5.88 Å². The molecular weight excluding hydrogens is 449 g/mol. The first-order valence-electron chi connectivity index (χ1n) is 9.30. The number of fused-ring (bicyclic) bond motifs is 1. The van der Waals surface area contributed by atoms with Crippen molar-refractivity contribution in [1.82, 2.24) is 14.3 Å². The molecule has 1 aliphatic rings. The van der Waals surface area contributed by atoms with Gasteiger partial charge in [-0.25, -0.2) is 9.18 Å². The number of alkyl halides is 1. The molecule has 1 aromatic carbocycles. The van der Waals surface area contributed by atoms with Gasteiger partial charge in [0.1, 0.15) is 11.1 Å². The zero-order valence-electron chi connectivity index (χ0n) is 16.3. The molecule has 0 bridgehead atoms.